The van der Waals surface area contributed by atoms with Gasteiger partial charge in [0, 0.05) is 6.54 Å². The van der Waals surface area contributed by atoms with E-state index in [1.807, 2.05) is 0 Å². The number of rotatable bonds is 2. The van der Waals surface area contributed by atoms with Gasteiger partial charge in [-0.25, -0.2) is 0 Å². The summed E-state index contributed by atoms with van der Waals surface area (Å²) < 4.78 is 0. The summed E-state index contributed by atoms with van der Waals surface area (Å²) in [6.45, 7) is 3.13. The van der Waals surface area contributed by atoms with Crippen molar-refractivity contribution < 1.29 is 4.79 Å². The SMILES string of the molecule is CC(=O)CN1CCCCC1N. The Hall–Kier alpha value is -0.410. The van der Waals surface area contributed by atoms with E-state index < -0.39 is 0 Å². The zero-order valence-corrected chi connectivity index (χ0v) is 7.05. The number of hydrogen-bond acceptors (Lipinski definition) is 3. The molecule has 1 heterocycles. The lowest BCUT2D eigenvalue weighted by atomic mass is 10.1. The van der Waals surface area contributed by atoms with E-state index in [1.54, 1.807) is 6.92 Å². The normalized spacial score (nSPS) is 26.9. The molecule has 1 saturated heterocycles. The van der Waals surface area contributed by atoms with Crippen LogP contribution in [0.1, 0.15) is 26.2 Å². The molecular formula is C8H16N2O. The van der Waals surface area contributed by atoms with Gasteiger partial charge in [0.15, 0.2) is 0 Å². The lowest BCUT2D eigenvalue weighted by molar-refractivity contribution is -0.119. The second-order valence-corrected chi connectivity index (χ2v) is 3.24. The molecule has 0 amide bonds. The van der Waals surface area contributed by atoms with Gasteiger partial charge < -0.3 is 5.73 Å². The zero-order chi connectivity index (χ0) is 8.27. The molecule has 1 atom stereocenters. The van der Waals surface area contributed by atoms with Crippen LogP contribution in [0, 0.1) is 0 Å². The molecule has 1 rings (SSSR count). The first kappa shape index (κ1) is 8.68. The fraction of sp³-hybridized carbons (Fsp3) is 0.875. The maximum Gasteiger partial charge on any atom is 0.143 e. The first-order valence-electron chi connectivity index (χ1n) is 4.19. The Kier molecular flexibility index (Phi) is 3.02. The number of carbonyl (C=O) groups is 1. The van der Waals surface area contributed by atoms with Crippen molar-refractivity contribution in [2.45, 2.75) is 32.4 Å². The fourth-order valence-electron chi connectivity index (χ4n) is 1.50. The minimum absolute atomic E-state index is 0.118. The van der Waals surface area contributed by atoms with Gasteiger partial charge in [-0.1, -0.05) is 0 Å². The van der Waals surface area contributed by atoms with E-state index in [0.717, 1.165) is 13.0 Å². The zero-order valence-electron chi connectivity index (χ0n) is 7.05. The smallest absolute Gasteiger partial charge is 0.143 e. The van der Waals surface area contributed by atoms with Crippen LogP contribution in [-0.4, -0.2) is 29.9 Å². The van der Waals surface area contributed by atoms with Gasteiger partial charge in [0.1, 0.15) is 5.78 Å². The van der Waals surface area contributed by atoms with Crippen LogP contribution in [0.4, 0.5) is 0 Å². The largest absolute Gasteiger partial charge is 0.316 e. The highest BCUT2D eigenvalue weighted by atomic mass is 16.1. The van der Waals surface area contributed by atoms with Crippen LogP contribution in [0.25, 0.3) is 0 Å². The number of nitrogens with two attached hydrogens (primary N) is 1. The van der Waals surface area contributed by atoms with Crippen molar-refractivity contribution in [2.75, 3.05) is 13.1 Å². The molecule has 0 radical (unpaired) electrons. The monoisotopic (exact) mass is 156 g/mol. The Morgan fingerprint density at radius 1 is 1.64 bits per heavy atom. The third-order valence-corrected chi connectivity index (χ3v) is 2.09. The van der Waals surface area contributed by atoms with Crippen LogP contribution >= 0.6 is 0 Å². The summed E-state index contributed by atoms with van der Waals surface area (Å²) in [6, 6.07) is 0. The topological polar surface area (TPSA) is 46.3 Å². The predicted molar refractivity (Wildman–Crippen MR) is 44.1 cm³/mol. The first-order valence-corrected chi connectivity index (χ1v) is 4.19. The van der Waals surface area contributed by atoms with Gasteiger partial charge in [-0.3, -0.25) is 9.69 Å². The molecule has 11 heavy (non-hydrogen) atoms. The van der Waals surface area contributed by atoms with Gasteiger partial charge in [-0.2, -0.15) is 0 Å². The average Bonchev–Trinajstić information content (AvgIpc) is 1.93. The van der Waals surface area contributed by atoms with Gasteiger partial charge in [0.25, 0.3) is 0 Å². The summed E-state index contributed by atoms with van der Waals surface area (Å²) in [5.41, 5.74) is 5.80. The highest BCUT2D eigenvalue weighted by Crippen LogP contribution is 2.12. The second kappa shape index (κ2) is 3.83. The summed E-state index contributed by atoms with van der Waals surface area (Å²) >= 11 is 0. The molecule has 0 saturated carbocycles. The Labute approximate surface area is 67.5 Å². The van der Waals surface area contributed by atoms with Crippen molar-refractivity contribution in [1.82, 2.24) is 4.90 Å². The van der Waals surface area contributed by atoms with Crippen molar-refractivity contribution >= 4 is 5.78 Å². The number of likely N-dealkylation sites (tertiary alicyclic amines) is 1. The third-order valence-electron chi connectivity index (χ3n) is 2.09. The van der Waals surface area contributed by atoms with Crippen molar-refractivity contribution in [1.29, 1.82) is 0 Å². The van der Waals surface area contributed by atoms with Gasteiger partial charge in [-0.15, -0.1) is 0 Å². The van der Waals surface area contributed by atoms with E-state index in [9.17, 15) is 4.79 Å². The molecule has 1 aliphatic rings. The van der Waals surface area contributed by atoms with E-state index in [2.05, 4.69) is 4.90 Å². The van der Waals surface area contributed by atoms with Crippen LogP contribution in [0.2, 0.25) is 0 Å². The first-order chi connectivity index (χ1) is 5.20. The predicted octanol–water partition coefficient (Wildman–Crippen LogP) is 0.346. The summed E-state index contributed by atoms with van der Waals surface area (Å²) in [7, 11) is 0. The van der Waals surface area contributed by atoms with E-state index in [0.29, 0.717) is 6.54 Å². The van der Waals surface area contributed by atoms with E-state index in [4.69, 9.17) is 5.73 Å². The molecule has 0 aliphatic carbocycles. The Bertz CT molecular complexity index is 147. The van der Waals surface area contributed by atoms with Crippen molar-refractivity contribution in [3.63, 3.8) is 0 Å². The highest BCUT2D eigenvalue weighted by Gasteiger charge is 2.18. The minimum Gasteiger partial charge on any atom is -0.316 e. The van der Waals surface area contributed by atoms with Gasteiger partial charge in [0.05, 0.1) is 12.7 Å². The van der Waals surface area contributed by atoms with E-state index in [1.165, 1.54) is 12.8 Å². The number of piperidine rings is 1. The number of Topliss-reactive ketones (excluding diaryl/α,β-unsaturated/α-hetero) is 1. The average molecular weight is 156 g/mol. The molecule has 0 aromatic rings. The van der Waals surface area contributed by atoms with Crippen molar-refractivity contribution in [2.24, 2.45) is 5.73 Å². The van der Waals surface area contributed by atoms with Gasteiger partial charge >= 0.3 is 0 Å². The summed E-state index contributed by atoms with van der Waals surface area (Å²) in [5, 5.41) is 0. The van der Waals surface area contributed by atoms with Crippen molar-refractivity contribution in [3.05, 3.63) is 0 Å². The van der Waals surface area contributed by atoms with Gasteiger partial charge in [-0.05, 0) is 26.2 Å². The van der Waals surface area contributed by atoms with Crippen LogP contribution < -0.4 is 5.73 Å². The molecular weight excluding hydrogens is 140 g/mol. The Morgan fingerprint density at radius 3 is 2.91 bits per heavy atom. The van der Waals surface area contributed by atoms with Crippen LogP contribution in [0.3, 0.4) is 0 Å². The maximum absolute atomic E-state index is 10.8. The molecule has 1 fully saturated rings. The molecule has 1 aliphatic heterocycles. The van der Waals surface area contributed by atoms with Crippen LogP contribution in [-0.2, 0) is 4.79 Å². The van der Waals surface area contributed by atoms with Crippen LogP contribution in [0.5, 0.6) is 0 Å². The minimum atomic E-state index is 0.118. The standard InChI is InChI=1S/C8H16N2O/c1-7(11)6-10-5-3-2-4-8(10)9/h8H,2-6,9H2,1H3. The van der Waals surface area contributed by atoms with Crippen molar-refractivity contribution in [3.8, 4) is 0 Å². The molecule has 2 N–H and O–H groups in total. The quantitative estimate of drug-likeness (QED) is 0.627. The molecule has 0 bridgehead atoms. The lowest BCUT2D eigenvalue weighted by Gasteiger charge is -2.31. The highest BCUT2D eigenvalue weighted by molar-refractivity contribution is 5.77. The number of carbonyl (C=O) groups excluding carboxylic acids is 1. The Morgan fingerprint density at radius 2 is 2.36 bits per heavy atom. The van der Waals surface area contributed by atoms with Crippen LogP contribution in [0.15, 0.2) is 0 Å². The molecule has 3 heteroatoms. The molecule has 0 spiro atoms. The lowest BCUT2D eigenvalue weighted by Crippen LogP contribution is -2.47. The number of ketones is 1. The molecule has 0 aromatic carbocycles. The number of nitrogens with zero attached hydrogens (tertiary/aromatic N) is 1. The Balaban J connectivity index is 2.35. The molecule has 3 nitrogen and oxygen atoms in total. The fourth-order valence-corrected chi connectivity index (χ4v) is 1.50. The number of hydrogen-bond donors (Lipinski definition) is 1. The molecule has 64 valence electrons. The second-order valence-electron chi connectivity index (χ2n) is 3.24. The summed E-state index contributed by atoms with van der Waals surface area (Å²) in [5.74, 6) is 0.211. The summed E-state index contributed by atoms with van der Waals surface area (Å²) in [4.78, 5) is 12.8. The maximum atomic E-state index is 10.8. The van der Waals surface area contributed by atoms with Gasteiger partial charge in [0.2, 0.25) is 0 Å². The molecule has 1 unspecified atom stereocenters. The van der Waals surface area contributed by atoms with E-state index in [-0.39, 0.29) is 11.9 Å². The molecule has 0 aromatic heterocycles. The third kappa shape index (κ3) is 2.60. The summed E-state index contributed by atoms with van der Waals surface area (Å²) in [6.07, 6.45) is 3.54. The van der Waals surface area contributed by atoms with E-state index >= 15 is 0 Å².